The van der Waals surface area contributed by atoms with Crippen molar-refractivity contribution in [2.45, 2.75) is 44.3 Å². The van der Waals surface area contributed by atoms with Crippen LogP contribution >= 0.6 is 0 Å². The fourth-order valence-electron chi connectivity index (χ4n) is 2.27. The summed E-state index contributed by atoms with van der Waals surface area (Å²) in [5, 5.41) is 0. The van der Waals surface area contributed by atoms with Crippen molar-refractivity contribution in [1.82, 2.24) is 0 Å². The van der Waals surface area contributed by atoms with Crippen LogP contribution < -0.4 is 0 Å². The van der Waals surface area contributed by atoms with Crippen molar-refractivity contribution in [3.05, 3.63) is 10.0 Å². The van der Waals surface area contributed by atoms with E-state index >= 15 is 0 Å². The summed E-state index contributed by atoms with van der Waals surface area (Å²) in [6, 6.07) is 0. The van der Waals surface area contributed by atoms with Crippen LogP contribution in [-0.2, 0) is 9.53 Å². The summed E-state index contributed by atoms with van der Waals surface area (Å²) >= 11 is 0.385. The molecule has 3 heteroatoms. The van der Waals surface area contributed by atoms with Gasteiger partial charge in [0.05, 0.1) is 0 Å². The third kappa shape index (κ3) is 2.46. The van der Waals surface area contributed by atoms with Crippen molar-refractivity contribution >= 4 is 20.9 Å². The van der Waals surface area contributed by atoms with Crippen molar-refractivity contribution in [2.24, 2.45) is 5.92 Å². The summed E-state index contributed by atoms with van der Waals surface area (Å²) in [5.41, 5.74) is 1.59. The standard InChI is InChI=1S/C12H18O2Se/c1-3-14-12(13)11-7-9-5-4-8(2)6-10(9)15-11/h8,11H,3-7H2,1-2H3. The first-order chi connectivity index (χ1) is 7.20. The van der Waals surface area contributed by atoms with Gasteiger partial charge in [-0.05, 0) is 0 Å². The number of esters is 1. The number of ether oxygens (including phenoxy) is 1. The third-order valence-electron chi connectivity index (χ3n) is 3.13. The molecule has 0 radical (unpaired) electrons. The van der Waals surface area contributed by atoms with Crippen LogP contribution in [0.2, 0.25) is 4.82 Å². The number of hydrogen-bond acceptors (Lipinski definition) is 2. The molecule has 2 aliphatic rings. The Morgan fingerprint density at radius 3 is 3.07 bits per heavy atom. The van der Waals surface area contributed by atoms with Crippen LogP contribution in [-0.4, -0.2) is 27.5 Å². The van der Waals surface area contributed by atoms with E-state index in [9.17, 15) is 4.79 Å². The molecule has 0 saturated carbocycles. The number of hydrogen-bond donors (Lipinski definition) is 0. The van der Waals surface area contributed by atoms with E-state index in [2.05, 4.69) is 6.92 Å². The second-order valence-electron chi connectivity index (χ2n) is 4.44. The van der Waals surface area contributed by atoms with E-state index < -0.39 is 0 Å². The van der Waals surface area contributed by atoms with Gasteiger partial charge in [0.15, 0.2) is 0 Å². The predicted octanol–water partition coefficient (Wildman–Crippen LogP) is 2.52. The van der Waals surface area contributed by atoms with Crippen LogP contribution in [0.5, 0.6) is 0 Å². The molecule has 0 amide bonds. The van der Waals surface area contributed by atoms with Crippen LogP contribution in [0, 0.1) is 5.92 Å². The van der Waals surface area contributed by atoms with E-state index in [0.717, 1.165) is 12.3 Å². The first-order valence-corrected chi connectivity index (χ1v) is 7.59. The molecule has 1 aliphatic carbocycles. The fraction of sp³-hybridized carbons (Fsp3) is 0.750. The summed E-state index contributed by atoms with van der Waals surface area (Å²) in [7, 11) is 0. The summed E-state index contributed by atoms with van der Waals surface area (Å²) in [6.45, 7) is 4.72. The van der Waals surface area contributed by atoms with Gasteiger partial charge in [-0.2, -0.15) is 0 Å². The van der Waals surface area contributed by atoms with Gasteiger partial charge in [0.1, 0.15) is 0 Å². The van der Waals surface area contributed by atoms with E-state index in [4.69, 9.17) is 4.74 Å². The molecule has 0 spiro atoms. The van der Waals surface area contributed by atoms with Gasteiger partial charge in [0.25, 0.3) is 0 Å². The zero-order valence-electron chi connectivity index (χ0n) is 9.41. The van der Waals surface area contributed by atoms with Gasteiger partial charge in [0.2, 0.25) is 0 Å². The van der Waals surface area contributed by atoms with Crippen LogP contribution in [0.1, 0.15) is 39.5 Å². The van der Waals surface area contributed by atoms with Gasteiger partial charge in [-0.25, -0.2) is 0 Å². The maximum absolute atomic E-state index is 11.6. The Labute approximate surface area is 97.6 Å². The van der Waals surface area contributed by atoms with Crippen molar-refractivity contribution in [2.75, 3.05) is 6.61 Å². The van der Waals surface area contributed by atoms with Gasteiger partial charge in [-0.15, -0.1) is 0 Å². The minimum atomic E-state index is 0.0413. The van der Waals surface area contributed by atoms with E-state index in [1.807, 2.05) is 6.92 Å². The van der Waals surface area contributed by atoms with E-state index in [0.29, 0.717) is 21.6 Å². The maximum atomic E-state index is 11.6. The van der Waals surface area contributed by atoms with Crippen molar-refractivity contribution in [3.63, 3.8) is 0 Å². The van der Waals surface area contributed by atoms with Crippen LogP contribution in [0.15, 0.2) is 10.0 Å². The summed E-state index contributed by atoms with van der Waals surface area (Å²) in [6.07, 6.45) is 4.78. The minimum absolute atomic E-state index is 0.0413. The SMILES string of the molecule is CCOC(=O)C1CC2=C(CC(C)CC2)[Se]1. The van der Waals surface area contributed by atoms with Gasteiger partial charge < -0.3 is 0 Å². The molecular weight excluding hydrogens is 255 g/mol. The monoisotopic (exact) mass is 274 g/mol. The number of rotatable bonds is 2. The van der Waals surface area contributed by atoms with Gasteiger partial charge in [-0.3, -0.25) is 0 Å². The predicted molar refractivity (Wildman–Crippen MR) is 60.8 cm³/mol. The second kappa shape index (κ2) is 4.71. The zero-order chi connectivity index (χ0) is 10.8. The zero-order valence-corrected chi connectivity index (χ0v) is 11.1. The summed E-state index contributed by atoms with van der Waals surface area (Å²) < 4.78 is 6.73. The molecule has 15 heavy (non-hydrogen) atoms. The molecular formula is C12H18O2Se. The van der Waals surface area contributed by atoms with Crippen LogP contribution in [0.25, 0.3) is 0 Å². The molecule has 0 bridgehead atoms. The van der Waals surface area contributed by atoms with E-state index in [1.165, 1.54) is 19.3 Å². The first kappa shape index (κ1) is 11.2. The number of carbonyl (C=O) groups excluding carboxylic acids is 1. The Morgan fingerprint density at radius 2 is 2.33 bits per heavy atom. The molecule has 1 heterocycles. The van der Waals surface area contributed by atoms with Crippen molar-refractivity contribution < 1.29 is 9.53 Å². The molecule has 2 atom stereocenters. The van der Waals surface area contributed by atoms with Gasteiger partial charge in [-0.1, -0.05) is 0 Å². The molecule has 2 unspecified atom stereocenters. The molecule has 84 valence electrons. The van der Waals surface area contributed by atoms with Crippen LogP contribution in [0.4, 0.5) is 0 Å². The Hall–Kier alpha value is -0.271. The first-order valence-electron chi connectivity index (χ1n) is 5.75. The molecule has 0 fully saturated rings. The third-order valence-corrected chi connectivity index (χ3v) is 6.04. The Morgan fingerprint density at radius 1 is 1.53 bits per heavy atom. The number of carbonyl (C=O) groups is 1. The molecule has 0 N–H and O–H groups in total. The number of allylic oxidation sites excluding steroid dienone is 2. The van der Waals surface area contributed by atoms with Gasteiger partial charge >= 0.3 is 97.4 Å². The van der Waals surface area contributed by atoms with Crippen molar-refractivity contribution in [1.29, 1.82) is 0 Å². The quantitative estimate of drug-likeness (QED) is 0.571. The average Bonchev–Trinajstić information content (AvgIpc) is 2.60. The molecule has 0 aromatic carbocycles. The second-order valence-corrected chi connectivity index (χ2v) is 7.16. The normalized spacial score (nSPS) is 30.3. The van der Waals surface area contributed by atoms with Gasteiger partial charge in [0, 0.05) is 0 Å². The molecule has 0 aromatic heterocycles. The molecule has 0 aromatic rings. The van der Waals surface area contributed by atoms with Crippen molar-refractivity contribution in [3.8, 4) is 0 Å². The fourth-order valence-corrected chi connectivity index (χ4v) is 5.47. The Bertz CT molecular complexity index is 296. The topological polar surface area (TPSA) is 26.3 Å². The van der Waals surface area contributed by atoms with E-state index in [-0.39, 0.29) is 10.8 Å². The Balaban J connectivity index is 1.95. The van der Waals surface area contributed by atoms with E-state index in [1.54, 1.807) is 10.0 Å². The Kier molecular flexibility index (Phi) is 3.52. The summed E-state index contributed by atoms with van der Waals surface area (Å²) in [4.78, 5) is 11.8. The average molecular weight is 273 g/mol. The molecule has 1 aliphatic heterocycles. The molecule has 2 rings (SSSR count). The molecule has 2 nitrogen and oxygen atoms in total. The van der Waals surface area contributed by atoms with Crippen LogP contribution in [0.3, 0.4) is 0 Å². The molecule has 0 saturated heterocycles. The summed E-state index contributed by atoms with van der Waals surface area (Å²) in [5.74, 6) is 0.867.